The highest BCUT2D eigenvalue weighted by atomic mass is 16.3. The summed E-state index contributed by atoms with van der Waals surface area (Å²) in [5.41, 5.74) is 1.61. The smallest absolute Gasteiger partial charge is 0.251 e. The van der Waals surface area contributed by atoms with Gasteiger partial charge in [-0.2, -0.15) is 0 Å². The largest absolute Gasteiger partial charge is 0.394 e. The Labute approximate surface area is 151 Å². The maximum Gasteiger partial charge on any atom is 0.251 e. The van der Waals surface area contributed by atoms with Gasteiger partial charge in [0.25, 0.3) is 11.5 Å². The number of aromatic nitrogens is 1. The van der Waals surface area contributed by atoms with Gasteiger partial charge in [0.1, 0.15) is 6.54 Å². The van der Waals surface area contributed by atoms with Crippen molar-refractivity contribution in [1.29, 1.82) is 0 Å². The van der Waals surface area contributed by atoms with Crippen molar-refractivity contribution in [2.75, 3.05) is 11.9 Å². The van der Waals surface area contributed by atoms with Crippen molar-refractivity contribution in [2.45, 2.75) is 32.9 Å². The van der Waals surface area contributed by atoms with Crippen LogP contribution in [-0.4, -0.2) is 34.1 Å². The van der Waals surface area contributed by atoms with E-state index in [2.05, 4.69) is 10.6 Å². The number of aliphatic hydroxyl groups excluding tert-OH is 1. The lowest BCUT2D eigenvalue weighted by atomic mass is 10.1. The average Bonchev–Trinajstić information content (AvgIpc) is 2.63. The second kappa shape index (κ2) is 8.96. The van der Waals surface area contributed by atoms with Crippen LogP contribution in [0.4, 0.5) is 5.69 Å². The highest BCUT2D eigenvalue weighted by molar-refractivity contribution is 5.95. The van der Waals surface area contributed by atoms with Gasteiger partial charge in [-0.1, -0.05) is 13.0 Å². The lowest BCUT2D eigenvalue weighted by Crippen LogP contribution is -2.36. The molecule has 7 heteroatoms. The van der Waals surface area contributed by atoms with Gasteiger partial charge in [0.15, 0.2) is 0 Å². The van der Waals surface area contributed by atoms with E-state index in [0.29, 0.717) is 17.7 Å². The second-order valence-corrected chi connectivity index (χ2v) is 6.06. The van der Waals surface area contributed by atoms with E-state index in [9.17, 15) is 14.4 Å². The summed E-state index contributed by atoms with van der Waals surface area (Å²) in [4.78, 5) is 35.9. The summed E-state index contributed by atoms with van der Waals surface area (Å²) in [6, 6.07) is 9.25. The number of amides is 2. The molecule has 0 aliphatic carbocycles. The van der Waals surface area contributed by atoms with Crippen LogP contribution < -0.4 is 16.2 Å². The van der Waals surface area contributed by atoms with Crippen LogP contribution in [0.1, 0.15) is 29.3 Å². The number of carbonyl (C=O) groups excluding carboxylic acids is 2. The fourth-order valence-corrected chi connectivity index (χ4v) is 2.38. The molecule has 1 aromatic heterocycles. The first-order valence-electron chi connectivity index (χ1n) is 8.41. The monoisotopic (exact) mass is 357 g/mol. The number of hydrogen-bond acceptors (Lipinski definition) is 4. The van der Waals surface area contributed by atoms with Crippen LogP contribution in [-0.2, 0) is 11.3 Å². The number of nitrogens with zero attached hydrogens (tertiary/aromatic N) is 1. The summed E-state index contributed by atoms with van der Waals surface area (Å²) in [6.07, 6.45) is 2.26. The van der Waals surface area contributed by atoms with Gasteiger partial charge >= 0.3 is 0 Å². The van der Waals surface area contributed by atoms with Crippen LogP contribution in [0.15, 0.2) is 47.4 Å². The molecule has 0 saturated heterocycles. The average molecular weight is 357 g/mol. The third-order valence-electron chi connectivity index (χ3n) is 3.92. The van der Waals surface area contributed by atoms with Gasteiger partial charge in [-0.05, 0) is 43.2 Å². The van der Waals surface area contributed by atoms with E-state index in [-0.39, 0.29) is 36.6 Å². The SMILES string of the molecule is CCC(CO)NC(=O)c1ccc(NC(=O)Cn2cc(C)ccc2=O)cc1. The molecule has 0 spiro atoms. The molecule has 0 aliphatic heterocycles. The van der Waals surface area contributed by atoms with Gasteiger partial charge in [-0.25, -0.2) is 0 Å². The van der Waals surface area contributed by atoms with Crippen LogP contribution in [0.25, 0.3) is 0 Å². The normalized spacial score (nSPS) is 11.7. The fourth-order valence-electron chi connectivity index (χ4n) is 2.38. The second-order valence-electron chi connectivity index (χ2n) is 6.06. The van der Waals surface area contributed by atoms with E-state index in [4.69, 9.17) is 5.11 Å². The highest BCUT2D eigenvalue weighted by Gasteiger charge is 2.11. The molecular formula is C19H23N3O4. The first kappa shape index (κ1) is 19.4. The molecule has 2 amide bonds. The van der Waals surface area contributed by atoms with Gasteiger partial charge in [-0.3, -0.25) is 14.4 Å². The van der Waals surface area contributed by atoms with Crippen molar-refractivity contribution in [3.8, 4) is 0 Å². The Hall–Kier alpha value is -2.93. The minimum absolute atomic E-state index is 0.0859. The molecule has 3 N–H and O–H groups in total. The Bertz CT molecular complexity index is 823. The molecule has 2 rings (SSSR count). The van der Waals surface area contributed by atoms with E-state index >= 15 is 0 Å². The maximum atomic E-state index is 12.1. The molecule has 0 bridgehead atoms. The molecule has 1 heterocycles. The van der Waals surface area contributed by atoms with Crippen molar-refractivity contribution >= 4 is 17.5 Å². The van der Waals surface area contributed by atoms with Crippen LogP contribution in [0, 0.1) is 6.92 Å². The van der Waals surface area contributed by atoms with Crippen LogP contribution in [0.5, 0.6) is 0 Å². The van der Waals surface area contributed by atoms with Gasteiger partial charge in [0, 0.05) is 23.5 Å². The summed E-state index contributed by atoms with van der Waals surface area (Å²) in [5.74, 6) is -0.615. The zero-order valence-electron chi connectivity index (χ0n) is 14.9. The fraction of sp³-hybridized carbons (Fsp3) is 0.316. The molecule has 1 unspecified atom stereocenters. The number of aliphatic hydroxyl groups is 1. The van der Waals surface area contributed by atoms with Crippen LogP contribution in [0.2, 0.25) is 0 Å². The molecule has 2 aromatic rings. The maximum absolute atomic E-state index is 12.1. The minimum Gasteiger partial charge on any atom is -0.394 e. The molecule has 0 radical (unpaired) electrons. The molecule has 0 aliphatic rings. The van der Waals surface area contributed by atoms with Gasteiger partial charge in [-0.15, -0.1) is 0 Å². The Morgan fingerprint density at radius 3 is 2.46 bits per heavy atom. The van der Waals surface area contributed by atoms with Gasteiger partial charge < -0.3 is 20.3 Å². The standard InChI is InChI=1S/C19H23N3O4/c1-3-15(12-23)21-19(26)14-5-7-16(8-6-14)20-17(24)11-22-10-13(2)4-9-18(22)25/h4-10,15,23H,3,11-12H2,1-2H3,(H,20,24)(H,21,26). The molecule has 26 heavy (non-hydrogen) atoms. The van der Waals surface area contributed by atoms with E-state index < -0.39 is 0 Å². The minimum atomic E-state index is -0.332. The third kappa shape index (κ3) is 5.29. The van der Waals surface area contributed by atoms with Crippen molar-refractivity contribution in [3.63, 3.8) is 0 Å². The lowest BCUT2D eigenvalue weighted by Gasteiger charge is -2.14. The number of nitrogens with one attached hydrogen (secondary N) is 2. The lowest BCUT2D eigenvalue weighted by molar-refractivity contribution is -0.116. The zero-order valence-corrected chi connectivity index (χ0v) is 14.9. The summed E-state index contributed by atoms with van der Waals surface area (Å²) >= 11 is 0. The Kier molecular flexibility index (Phi) is 6.68. The van der Waals surface area contributed by atoms with E-state index in [0.717, 1.165) is 5.56 Å². The highest BCUT2D eigenvalue weighted by Crippen LogP contribution is 2.10. The van der Waals surface area contributed by atoms with E-state index in [1.807, 2.05) is 13.8 Å². The summed E-state index contributed by atoms with van der Waals surface area (Å²) < 4.78 is 1.34. The topological polar surface area (TPSA) is 100 Å². The van der Waals surface area contributed by atoms with Gasteiger partial charge in [0.05, 0.1) is 12.6 Å². The number of carbonyl (C=O) groups is 2. The Morgan fingerprint density at radius 2 is 1.85 bits per heavy atom. The van der Waals surface area contributed by atoms with Crippen LogP contribution >= 0.6 is 0 Å². The number of anilines is 1. The first-order chi connectivity index (χ1) is 12.4. The number of pyridine rings is 1. The predicted octanol–water partition coefficient (Wildman–Crippen LogP) is 1.30. The third-order valence-corrected chi connectivity index (χ3v) is 3.92. The molecule has 0 fully saturated rings. The molecule has 1 atom stereocenters. The van der Waals surface area contributed by atoms with E-state index in [1.54, 1.807) is 36.5 Å². The summed E-state index contributed by atoms with van der Waals surface area (Å²) in [7, 11) is 0. The van der Waals surface area contributed by atoms with Crippen molar-refractivity contribution in [1.82, 2.24) is 9.88 Å². The molecule has 0 saturated carbocycles. The number of rotatable bonds is 7. The number of aryl methyl sites for hydroxylation is 1. The Balaban J connectivity index is 1.98. The zero-order chi connectivity index (χ0) is 19.1. The number of benzene rings is 1. The van der Waals surface area contributed by atoms with Crippen molar-refractivity contribution < 1.29 is 14.7 Å². The van der Waals surface area contributed by atoms with Gasteiger partial charge in [0.2, 0.25) is 5.91 Å². The molecule has 1 aromatic carbocycles. The quantitative estimate of drug-likeness (QED) is 0.695. The molecule has 138 valence electrons. The van der Waals surface area contributed by atoms with Crippen molar-refractivity contribution in [2.24, 2.45) is 0 Å². The summed E-state index contributed by atoms with van der Waals surface area (Å²) in [6.45, 7) is 3.52. The predicted molar refractivity (Wildman–Crippen MR) is 99.1 cm³/mol. The summed E-state index contributed by atoms with van der Waals surface area (Å²) in [5, 5.41) is 14.6. The number of hydrogen-bond donors (Lipinski definition) is 3. The first-order valence-corrected chi connectivity index (χ1v) is 8.41. The Morgan fingerprint density at radius 1 is 1.15 bits per heavy atom. The van der Waals surface area contributed by atoms with E-state index in [1.165, 1.54) is 10.6 Å². The molecular weight excluding hydrogens is 334 g/mol. The van der Waals surface area contributed by atoms with Crippen LogP contribution in [0.3, 0.4) is 0 Å². The molecule has 7 nitrogen and oxygen atoms in total. The van der Waals surface area contributed by atoms with Crippen molar-refractivity contribution in [3.05, 3.63) is 64.1 Å².